The van der Waals surface area contributed by atoms with Gasteiger partial charge in [0.15, 0.2) is 0 Å². The summed E-state index contributed by atoms with van der Waals surface area (Å²) in [7, 11) is 0. The number of rotatable bonds is 6. The fourth-order valence-corrected chi connectivity index (χ4v) is 2.38. The van der Waals surface area contributed by atoms with E-state index in [1.165, 1.54) is 12.1 Å². The molecule has 0 aromatic heterocycles. The summed E-state index contributed by atoms with van der Waals surface area (Å²) in [5.74, 6) is -0.843. The van der Waals surface area contributed by atoms with Crippen molar-refractivity contribution in [3.8, 4) is 0 Å². The quantitative estimate of drug-likeness (QED) is 0.803. The van der Waals surface area contributed by atoms with Crippen molar-refractivity contribution in [2.45, 2.75) is 31.9 Å². The first-order valence-corrected chi connectivity index (χ1v) is 7.53. The summed E-state index contributed by atoms with van der Waals surface area (Å²) < 4.78 is 37.3. The van der Waals surface area contributed by atoms with Gasteiger partial charge in [0, 0.05) is 32.4 Å². The molecular weight excluding hydrogens is 325 g/mol. The van der Waals surface area contributed by atoms with Crippen LogP contribution in [0.4, 0.5) is 13.2 Å². The van der Waals surface area contributed by atoms with Gasteiger partial charge in [-0.15, -0.1) is 0 Å². The highest BCUT2D eigenvalue weighted by Gasteiger charge is 2.30. The van der Waals surface area contributed by atoms with E-state index in [1.54, 1.807) is 0 Å². The molecule has 1 fully saturated rings. The van der Waals surface area contributed by atoms with E-state index in [0.717, 1.165) is 17.0 Å². The molecule has 1 aliphatic rings. The second kappa shape index (κ2) is 7.46. The number of benzene rings is 1. The van der Waals surface area contributed by atoms with Gasteiger partial charge in [-0.2, -0.15) is 13.2 Å². The van der Waals surface area contributed by atoms with Gasteiger partial charge in [-0.3, -0.25) is 19.3 Å². The molecule has 130 valence electrons. The van der Waals surface area contributed by atoms with Gasteiger partial charge in [-0.1, -0.05) is 12.1 Å². The van der Waals surface area contributed by atoms with E-state index in [4.69, 9.17) is 0 Å². The average molecular weight is 342 g/mol. The Bertz CT molecular complexity index is 610. The summed E-state index contributed by atoms with van der Waals surface area (Å²) in [6.45, 7) is 0.329. The van der Waals surface area contributed by atoms with Crippen LogP contribution in [-0.2, 0) is 27.0 Å². The lowest BCUT2D eigenvalue weighted by Gasteiger charge is -2.13. The number of nitrogens with zero attached hydrogens (tertiary/aromatic N) is 1. The fourth-order valence-electron chi connectivity index (χ4n) is 2.38. The van der Waals surface area contributed by atoms with Crippen LogP contribution in [0.3, 0.4) is 0 Å². The SMILES string of the molecule is O=C(CCN1C(=O)CCC1=O)NCCc1ccc(C(F)(F)F)cc1. The second-order valence-electron chi connectivity index (χ2n) is 5.48. The lowest BCUT2D eigenvalue weighted by atomic mass is 10.1. The molecule has 0 unspecified atom stereocenters. The molecule has 1 N–H and O–H groups in total. The first-order valence-electron chi connectivity index (χ1n) is 7.53. The summed E-state index contributed by atoms with van der Waals surface area (Å²) in [6, 6.07) is 4.75. The summed E-state index contributed by atoms with van der Waals surface area (Å²) in [5, 5.41) is 2.62. The smallest absolute Gasteiger partial charge is 0.356 e. The third-order valence-corrected chi connectivity index (χ3v) is 3.73. The number of amides is 3. The van der Waals surface area contributed by atoms with E-state index in [9.17, 15) is 27.6 Å². The molecule has 1 heterocycles. The number of nitrogens with one attached hydrogen (secondary N) is 1. The number of likely N-dealkylation sites (tertiary alicyclic amines) is 1. The molecule has 0 spiro atoms. The Kier molecular flexibility index (Phi) is 5.58. The van der Waals surface area contributed by atoms with Crippen LogP contribution >= 0.6 is 0 Å². The monoisotopic (exact) mass is 342 g/mol. The van der Waals surface area contributed by atoms with Gasteiger partial charge >= 0.3 is 6.18 Å². The minimum Gasteiger partial charge on any atom is -0.356 e. The number of imide groups is 1. The predicted molar refractivity (Wildman–Crippen MR) is 78.7 cm³/mol. The van der Waals surface area contributed by atoms with Gasteiger partial charge in [0.05, 0.1) is 5.56 Å². The van der Waals surface area contributed by atoms with Crippen molar-refractivity contribution in [1.82, 2.24) is 10.2 Å². The first kappa shape index (κ1) is 18.0. The van der Waals surface area contributed by atoms with E-state index in [2.05, 4.69) is 5.32 Å². The average Bonchev–Trinajstić information content (AvgIpc) is 2.83. The Morgan fingerprint density at radius 2 is 1.67 bits per heavy atom. The predicted octanol–water partition coefficient (Wildman–Crippen LogP) is 1.90. The molecule has 0 saturated carbocycles. The van der Waals surface area contributed by atoms with Crippen LogP contribution in [0.2, 0.25) is 0 Å². The summed E-state index contributed by atoms with van der Waals surface area (Å²) in [6.07, 6.45) is -3.57. The maximum atomic E-state index is 12.4. The maximum absolute atomic E-state index is 12.4. The van der Waals surface area contributed by atoms with E-state index >= 15 is 0 Å². The maximum Gasteiger partial charge on any atom is 0.416 e. The minimum atomic E-state index is -4.36. The minimum absolute atomic E-state index is 0.0183. The first-order chi connectivity index (χ1) is 11.3. The highest BCUT2D eigenvalue weighted by atomic mass is 19.4. The van der Waals surface area contributed by atoms with E-state index in [0.29, 0.717) is 12.0 Å². The van der Waals surface area contributed by atoms with Crippen LogP contribution in [0, 0.1) is 0 Å². The topological polar surface area (TPSA) is 66.5 Å². The third-order valence-electron chi connectivity index (χ3n) is 3.73. The normalized spacial score (nSPS) is 15.0. The number of halogens is 3. The van der Waals surface area contributed by atoms with Crippen LogP contribution in [0.1, 0.15) is 30.4 Å². The summed E-state index contributed by atoms with van der Waals surface area (Å²) >= 11 is 0. The van der Waals surface area contributed by atoms with Crippen molar-refractivity contribution in [2.75, 3.05) is 13.1 Å². The van der Waals surface area contributed by atoms with Crippen LogP contribution in [0.25, 0.3) is 0 Å². The largest absolute Gasteiger partial charge is 0.416 e. The van der Waals surface area contributed by atoms with Gasteiger partial charge in [-0.25, -0.2) is 0 Å². The van der Waals surface area contributed by atoms with Gasteiger partial charge in [0.1, 0.15) is 0 Å². The van der Waals surface area contributed by atoms with Crippen molar-refractivity contribution >= 4 is 17.7 Å². The number of carbonyl (C=O) groups excluding carboxylic acids is 3. The molecule has 2 rings (SSSR count). The molecule has 1 aromatic carbocycles. The molecule has 3 amide bonds. The molecule has 0 bridgehead atoms. The number of hydrogen-bond acceptors (Lipinski definition) is 3. The molecule has 5 nitrogen and oxygen atoms in total. The van der Waals surface area contributed by atoms with Crippen molar-refractivity contribution in [1.29, 1.82) is 0 Å². The van der Waals surface area contributed by atoms with Crippen molar-refractivity contribution in [3.63, 3.8) is 0 Å². The molecule has 8 heteroatoms. The second-order valence-corrected chi connectivity index (χ2v) is 5.48. The lowest BCUT2D eigenvalue weighted by molar-refractivity contribution is -0.139. The Balaban J connectivity index is 1.71. The number of hydrogen-bond donors (Lipinski definition) is 1. The van der Waals surface area contributed by atoms with Crippen LogP contribution < -0.4 is 5.32 Å². The van der Waals surface area contributed by atoms with Crippen molar-refractivity contribution in [3.05, 3.63) is 35.4 Å². The van der Waals surface area contributed by atoms with Crippen molar-refractivity contribution < 1.29 is 27.6 Å². The third kappa shape index (κ3) is 4.81. The zero-order valence-electron chi connectivity index (χ0n) is 12.9. The Morgan fingerprint density at radius 3 is 2.21 bits per heavy atom. The highest BCUT2D eigenvalue weighted by molar-refractivity contribution is 6.02. The van der Waals surface area contributed by atoms with E-state index in [-0.39, 0.29) is 50.1 Å². The van der Waals surface area contributed by atoms with Crippen LogP contribution in [0.15, 0.2) is 24.3 Å². The molecular formula is C16H17F3N2O3. The standard InChI is InChI=1S/C16H17F3N2O3/c17-16(18,19)12-3-1-11(2-4-12)7-9-20-13(22)8-10-21-14(23)5-6-15(21)24/h1-4H,5-10H2,(H,20,22). The summed E-state index contributed by atoms with van der Waals surface area (Å²) in [5.41, 5.74) is -0.0385. The summed E-state index contributed by atoms with van der Waals surface area (Å²) in [4.78, 5) is 35.5. The molecule has 1 saturated heterocycles. The molecule has 0 radical (unpaired) electrons. The highest BCUT2D eigenvalue weighted by Crippen LogP contribution is 2.29. The fraction of sp³-hybridized carbons (Fsp3) is 0.438. The van der Waals surface area contributed by atoms with E-state index < -0.39 is 11.7 Å². The van der Waals surface area contributed by atoms with Crippen LogP contribution in [0.5, 0.6) is 0 Å². The Morgan fingerprint density at radius 1 is 1.08 bits per heavy atom. The van der Waals surface area contributed by atoms with E-state index in [1.807, 2.05) is 0 Å². The van der Waals surface area contributed by atoms with Gasteiger partial charge in [-0.05, 0) is 24.1 Å². The van der Waals surface area contributed by atoms with Gasteiger partial charge < -0.3 is 5.32 Å². The molecule has 1 aromatic rings. The number of carbonyl (C=O) groups is 3. The van der Waals surface area contributed by atoms with Crippen molar-refractivity contribution in [2.24, 2.45) is 0 Å². The van der Waals surface area contributed by atoms with Crippen LogP contribution in [-0.4, -0.2) is 35.7 Å². The Labute approximate surface area is 136 Å². The molecule has 0 aliphatic carbocycles. The molecule has 0 atom stereocenters. The zero-order chi connectivity index (χ0) is 17.7. The lowest BCUT2D eigenvalue weighted by Crippen LogP contribution is -2.34. The zero-order valence-corrected chi connectivity index (χ0v) is 12.9. The molecule has 24 heavy (non-hydrogen) atoms. The molecule has 1 aliphatic heterocycles. The Hall–Kier alpha value is -2.38. The van der Waals surface area contributed by atoms with Gasteiger partial charge in [0.25, 0.3) is 0 Å². The van der Waals surface area contributed by atoms with Gasteiger partial charge in [0.2, 0.25) is 17.7 Å². The number of alkyl halides is 3.